The van der Waals surface area contributed by atoms with Crippen molar-refractivity contribution in [3.8, 4) is 5.75 Å². The quantitative estimate of drug-likeness (QED) is 0.637. The summed E-state index contributed by atoms with van der Waals surface area (Å²) < 4.78 is 9.84. The van der Waals surface area contributed by atoms with Gasteiger partial charge < -0.3 is 19.6 Å². The minimum Gasteiger partial charge on any atom is -0.507 e. The van der Waals surface area contributed by atoms with Crippen molar-refractivity contribution >= 4 is 17.7 Å². The molecule has 1 atom stereocenters. The molecule has 7 nitrogen and oxygen atoms in total. The SMILES string of the molecule is COC(=O)c1c(C)[nH]c(C(=O)[C@@H](C)OC(=O)c2ccccc2O)c1C. The second kappa shape index (κ2) is 7.21. The Bertz CT molecular complexity index is 836. The molecule has 132 valence electrons. The van der Waals surface area contributed by atoms with Crippen LogP contribution in [0, 0.1) is 13.8 Å². The van der Waals surface area contributed by atoms with E-state index in [2.05, 4.69) is 4.98 Å². The zero-order valence-corrected chi connectivity index (χ0v) is 14.4. The molecule has 0 unspecified atom stereocenters. The fourth-order valence-electron chi connectivity index (χ4n) is 2.53. The highest BCUT2D eigenvalue weighted by Crippen LogP contribution is 2.22. The zero-order valence-electron chi connectivity index (χ0n) is 14.4. The Morgan fingerprint density at radius 2 is 1.76 bits per heavy atom. The van der Waals surface area contributed by atoms with Crippen LogP contribution in [0.25, 0.3) is 0 Å². The van der Waals surface area contributed by atoms with Crippen LogP contribution in [0.3, 0.4) is 0 Å². The number of esters is 2. The number of ether oxygens (including phenoxy) is 2. The second-order valence-electron chi connectivity index (χ2n) is 5.55. The number of carbonyl (C=O) groups excluding carboxylic acids is 3. The Labute approximate surface area is 144 Å². The van der Waals surface area contributed by atoms with E-state index in [1.54, 1.807) is 26.0 Å². The summed E-state index contributed by atoms with van der Waals surface area (Å²) in [6, 6.07) is 5.89. The first-order valence-corrected chi connectivity index (χ1v) is 7.58. The average molecular weight is 345 g/mol. The lowest BCUT2D eigenvalue weighted by molar-refractivity contribution is 0.0314. The maximum Gasteiger partial charge on any atom is 0.342 e. The molecule has 2 N–H and O–H groups in total. The molecule has 2 rings (SSSR count). The van der Waals surface area contributed by atoms with Gasteiger partial charge in [-0.1, -0.05) is 12.1 Å². The molecular weight excluding hydrogens is 326 g/mol. The van der Waals surface area contributed by atoms with Gasteiger partial charge in [0.2, 0.25) is 5.78 Å². The summed E-state index contributed by atoms with van der Waals surface area (Å²) in [6.45, 7) is 4.68. The highest BCUT2D eigenvalue weighted by Gasteiger charge is 2.28. The standard InChI is InChI=1S/C18H19NO6/c1-9-14(18(23)24-4)10(2)19-15(9)16(21)11(3)25-17(22)12-7-5-6-8-13(12)20/h5-8,11,19-20H,1-4H3/t11-/m1/s1. The van der Waals surface area contributed by atoms with Crippen LogP contribution < -0.4 is 0 Å². The zero-order chi connectivity index (χ0) is 18.7. The maximum absolute atomic E-state index is 12.6. The number of aromatic hydroxyl groups is 1. The molecule has 0 aliphatic heterocycles. The largest absolute Gasteiger partial charge is 0.507 e. The number of phenolic OH excluding ortho intramolecular Hbond substituents is 1. The number of nitrogens with one attached hydrogen (secondary N) is 1. The number of para-hydroxylation sites is 1. The van der Waals surface area contributed by atoms with E-state index in [0.29, 0.717) is 11.3 Å². The molecule has 1 aromatic carbocycles. The van der Waals surface area contributed by atoms with E-state index in [1.807, 2.05) is 0 Å². The second-order valence-corrected chi connectivity index (χ2v) is 5.55. The van der Waals surface area contributed by atoms with Crippen LogP contribution in [-0.2, 0) is 9.47 Å². The lowest BCUT2D eigenvalue weighted by Crippen LogP contribution is -2.25. The smallest absolute Gasteiger partial charge is 0.342 e. The first-order chi connectivity index (χ1) is 11.8. The number of benzene rings is 1. The summed E-state index contributed by atoms with van der Waals surface area (Å²) in [7, 11) is 1.26. The number of carbonyl (C=O) groups is 3. The fraction of sp³-hybridized carbons (Fsp3) is 0.278. The highest BCUT2D eigenvalue weighted by molar-refractivity contribution is 6.04. The van der Waals surface area contributed by atoms with Gasteiger partial charge in [-0.05, 0) is 38.5 Å². The summed E-state index contributed by atoms with van der Waals surface area (Å²) in [6.07, 6.45) is -1.10. The third-order valence-electron chi connectivity index (χ3n) is 3.85. The molecule has 1 aromatic heterocycles. The van der Waals surface area contributed by atoms with Crippen LogP contribution in [0.5, 0.6) is 5.75 Å². The molecule has 0 saturated heterocycles. The third-order valence-corrected chi connectivity index (χ3v) is 3.85. The van der Waals surface area contributed by atoms with Crippen molar-refractivity contribution in [3.63, 3.8) is 0 Å². The van der Waals surface area contributed by atoms with E-state index in [4.69, 9.17) is 9.47 Å². The molecule has 0 spiro atoms. The monoisotopic (exact) mass is 345 g/mol. The average Bonchev–Trinajstić information content (AvgIpc) is 2.88. The summed E-state index contributed by atoms with van der Waals surface area (Å²) >= 11 is 0. The number of Topliss-reactive ketones (excluding diaryl/α,β-unsaturated/α-hetero) is 1. The van der Waals surface area contributed by atoms with Crippen molar-refractivity contribution in [1.82, 2.24) is 4.98 Å². The molecular formula is C18H19NO6. The topological polar surface area (TPSA) is 106 Å². The number of aromatic amines is 1. The minimum atomic E-state index is -1.10. The van der Waals surface area contributed by atoms with Crippen molar-refractivity contribution in [2.24, 2.45) is 0 Å². The fourth-order valence-corrected chi connectivity index (χ4v) is 2.53. The molecule has 7 heteroatoms. The van der Waals surface area contributed by atoms with Gasteiger partial charge in [0.1, 0.15) is 11.3 Å². The van der Waals surface area contributed by atoms with E-state index in [0.717, 1.165) is 0 Å². The third kappa shape index (κ3) is 3.55. The van der Waals surface area contributed by atoms with E-state index in [9.17, 15) is 19.5 Å². The summed E-state index contributed by atoms with van der Waals surface area (Å²) in [4.78, 5) is 39.3. The number of phenols is 1. The molecule has 0 radical (unpaired) electrons. The van der Waals surface area contributed by atoms with E-state index < -0.39 is 23.8 Å². The number of rotatable bonds is 5. The first kappa shape index (κ1) is 18.3. The van der Waals surface area contributed by atoms with E-state index >= 15 is 0 Å². The van der Waals surface area contributed by atoms with Crippen LogP contribution in [0.1, 0.15) is 49.4 Å². The van der Waals surface area contributed by atoms with Crippen molar-refractivity contribution in [2.75, 3.05) is 7.11 Å². The van der Waals surface area contributed by atoms with Crippen molar-refractivity contribution in [2.45, 2.75) is 26.9 Å². The summed E-state index contributed by atoms with van der Waals surface area (Å²) in [5.74, 6) is -2.08. The molecule has 0 aliphatic carbocycles. The van der Waals surface area contributed by atoms with Crippen molar-refractivity contribution in [1.29, 1.82) is 0 Å². The van der Waals surface area contributed by atoms with Gasteiger partial charge in [-0.15, -0.1) is 0 Å². The Kier molecular flexibility index (Phi) is 5.26. The predicted molar refractivity (Wildman–Crippen MR) is 88.9 cm³/mol. The molecule has 0 saturated carbocycles. The number of hydrogen-bond acceptors (Lipinski definition) is 6. The highest BCUT2D eigenvalue weighted by atomic mass is 16.5. The van der Waals surface area contributed by atoms with Gasteiger partial charge in [0.25, 0.3) is 0 Å². The molecule has 25 heavy (non-hydrogen) atoms. The van der Waals surface area contributed by atoms with Crippen LogP contribution in [-0.4, -0.2) is 41.0 Å². The number of H-pyrrole nitrogens is 1. The van der Waals surface area contributed by atoms with Gasteiger partial charge in [-0.3, -0.25) is 4.79 Å². The van der Waals surface area contributed by atoms with Gasteiger partial charge in [-0.2, -0.15) is 0 Å². The Morgan fingerprint density at radius 1 is 1.12 bits per heavy atom. The van der Waals surface area contributed by atoms with Gasteiger partial charge in [-0.25, -0.2) is 9.59 Å². The molecule has 1 heterocycles. The van der Waals surface area contributed by atoms with Crippen molar-refractivity contribution < 1.29 is 29.0 Å². The molecule has 0 amide bonds. The molecule has 0 aliphatic rings. The molecule has 2 aromatic rings. The Balaban J connectivity index is 2.22. The van der Waals surface area contributed by atoms with Crippen LogP contribution >= 0.6 is 0 Å². The summed E-state index contributed by atoms with van der Waals surface area (Å²) in [5, 5.41) is 9.68. The number of ketones is 1. The normalized spacial score (nSPS) is 11.7. The van der Waals surface area contributed by atoms with Crippen LogP contribution in [0.15, 0.2) is 24.3 Å². The van der Waals surface area contributed by atoms with Gasteiger partial charge in [0.05, 0.1) is 18.4 Å². The van der Waals surface area contributed by atoms with E-state index in [-0.39, 0.29) is 22.6 Å². The number of hydrogen-bond donors (Lipinski definition) is 2. The lowest BCUT2D eigenvalue weighted by Gasteiger charge is -2.12. The Hall–Kier alpha value is -3.09. The lowest BCUT2D eigenvalue weighted by atomic mass is 10.1. The van der Waals surface area contributed by atoms with E-state index in [1.165, 1.54) is 26.2 Å². The number of methoxy groups -OCH3 is 1. The molecule has 0 fully saturated rings. The first-order valence-electron chi connectivity index (χ1n) is 7.58. The summed E-state index contributed by atoms with van der Waals surface area (Å²) in [5.41, 5.74) is 1.35. The van der Waals surface area contributed by atoms with Crippen molar-refractivity contribution in [3.05, 3.63) is 52.3 Å². The minimum absolute atomic E-state index is 0.0308. The van der Waals surface area contributed by atoms with Gasteiger partial charge in [0, 0.05) is 5.69 Å². The number of aryl methyl sites for hydroxylation is 1. The Morgan fingerprint density at radius 3 is 2.36 bits per heavy atom. The van der Waals surface area contributed by atoms with Gasteiger partial charge >= 0.3 is 11.9 Å². The van der Waals surface area contributed by atoms with Crippen LogP contribution in [0.4, 0.5) is 0 Å². The van der Waals surface area contributed by atoms with Crippen LogP contribution in [0.2, 0.25) is 0 Å². The predicted octanol–water partition coefficient (Wildman–Crippen LogP) is 2.55. The number of aromatic nitrogens is 1. The van der Waals surface area contributed by atoms with Gasteiger partial charge in [0.15, 0.2) is 6.10 Å². The molecule has 0 bridgehead atoms. The maximum atomic E-state index is 12.6.